The molecule has 2 aliphatic rings. The lowest BCUT2D eigenvalue weighted by atomic mass is 9.96. The molecule has 0 aromatic carbocycles. The molecule has 3 nitrogen and oxygen atoms in total. The van der Waals surface area contributed by atoms with E-state index in [1.165, 1.54) is 12.8 Å². The van der Waals surface area contributed by atoms with Crippen molar-refractivity contribution in [2.24, 2.45) is 0 Å². The minimum absolute atomic E-state index is 0.196. The highest BCUT2D eigenvalue weighted by molar-refractivity contribution is 5.80. The molecular formula is C13H24N2O. The minimum Gasteiger partial charge on any atom is -0.303 e. The number of ketones is 1. The number of hydrogen-bond acceptors (Lipinski definition) is 3. The lowest BCUT2D eigenvalue weighted by Crippen LogP contribution is -2.54. The Morgan fingerprint density at radius 3 is 2.19 bits per heavy atom. The fourth-order valence-corrected chi connectivity index (χ4v) is 2.91. The van der Waals surface area contributed by atoms with Crippen molar-refractivity contribution in [3.05, 3.63) is 0 Å². The number of fused-ring (bicyclic) bond motifs is 2. The van der Waals surface area contributed by atoms with Crippen LogP contribution < -0.4 is 0 Å². The number of piperidine rings is 1. The summed E-state index contributed by atoms with van der Waals surface area (Å²) in [6.45, 7) is 5.65. The van der Waals surface area contributed by atoms with E-state index in [2.05, 4.69) is 37.7 Å². The van der Waals surface area contributed by atoms with Gasteiger partial charge in [-0.25, -0.2) is 0 Å². The van der Waals surface area contributed by atoms with E-state index < -0.39 is 0 Å². The summed E-state index contributed by atoms with van der Waals surface area (Å²) in [5.41, 5.74) is 0.196. The van der Waals surface area contributed by atoms with Crippen LogP contribution in [-0.4, -0.2) is 53.8 Å². The van der Waals surface area contributed by atoms with Crippen molar-refractivity contribution >= 4 is 5.78 Å². The normalized spacial score (nSPS) is 31.4. The van der Waals surface area contributed by atoms with E-state index in [9.17, 15) is 4.79 Å². The molecule has 0 radical (unpaired) electrons. The summed E-state index contributed by atoms with van der Waals surface area (Å²) in [5, 5.41) is 0. The van der Waals surface area contributed by atoms with Gasteiger partial charge in [0.05, 0.1) is 0 Å². The molecule has 2 heterocycles. The molecule has 16 heavy (non-hydrogen) atoms. The summed E-state index contributed by atoms with van der Waals surface area (Å²) in [6, 6.07) is 1.07. The summed E-state index contributed by atoms with van der Waals surface area (Å²) in [4.78, 5) is 16.4. The van der Waals surface area contributed by atoms with Crippen LogP contribution in [0.1, 0.15) is 39.5 Å². The Morgan fingerprint density at radius 2 is 1.75 bits per heavy atom. The average molecular weight is 224 g/mol. The zero-order valence-electron chi connectivity index (χ0n) is 11.0. The van der Waals surface area contributed by atoms with Crippen LogP contribution in [0, 0.1) is 0 Å². The van der Waals surface area contributed by atoms with Crippen LogP contribution in [0.2, 0.25) is 0 Å². The lowest BCUT2D eigenvalue weighted by Gasteiger charge is -2.42. The van der Waals surface area contributed by atoms with Crippen molar-refractivity contribution in [1.29, 1.82) is 0 Å². The topological polar surface area (TPSA) is 23.6 Å². The molecule has 92 valence electrons. The molecule has 0 amide bonds. The Bertz CT molecular complexity index is 270. The largest absolute Gasteiger partial charge is 0.303 e. The van der Waals surface area contributed by atoms with Crippen molar-refractivity contribution < 1.29 is 4.79 Å². The van der Waals surface area contributed by atoms with Gasteiger partial charge in [0.15, 0.2) is 0 Å². The molecule has 0 saturated carbocycles. The maximum atomic E-state index is 11.5. The first-order valence-corrected chi connectivity index (χ1v) is 6.35. The van der Waals surface area contributed by atoms with Crippen molar-refractivity contribution in [3.8, 4) is 0 Å². The Labute approximate surface area is 98.8 Å². The minimum atomic E-state index is 0.196. The van der Waals surface area contributed by atoms with Crippen LogP contribution in [0.3, 0.4) is 0 Å². The SMILES string of the molecule is CN(C)C(C)(C)CN1C2CCC1CC(=O)C2. The highest BCUT2D eigenvalue weighted by Crippen LogP contribution is 2.35. The predicted octanol–water partition coefficient (Wildman–Crippen LogP) is 1.52. The van der Waals surface area contributed by atoms with Gasteiger partial charge in [-0.3, -0.25) is 9.69 Å². The second kappa shape index (κ2) is 4.11. The fraction of sp³-hybridized carbons (Fsp3) is 0.923. The van der Waals surface area contributed by atoms with Crippen molar-refractivity contribution in [2.75, 3.05) is 20.6 Å². The molecule has 2 saturated heterocycles. The second-order valence-electron chi connectivity index (χ2n) is 6.21. The summed E-state index contributed by atoms with van der Waals surface area (Å²) in [5.74, 6) is 0.478. The number of carbonyl (C=O) groups is 1. The summed E-state index contributed by atoms with van der Waals surface area (Å²) in [7, 11) is 4.27. The van der Waals surface area contributed by atoms with Crippen LogP contribution in [0.4, 0.5) is 0 Å². The number of Topliss-reactive ketones (excluding diaryl/α,β-unsaturated/α-hetero) is 1. The van der Waals surface area contributed by atoms with E-state index in [1.807, 2.05) is 0 Å². The van der Waals surface area contributed by atoms with Crippen LogP contribution in [0.5, 0.6) is 0 Å². The molecule has 0 aliphatic carbocycles. The van der Waals surface area contributed by atoms with Gasteiger partial charge < -0.3 is 4.90 Å². The number of rotatable bonds is 3. The quantitative estimate of drug-likeness (QED) is 0.726. The van der Waals surface area contributed by atoms with E-state index in [0.717, 1.165) is 19.4 Å². The molecule has 3 heteroatoms. The molecule has 2 bridgehead atoms. The molecule has 2 rings (SSSR count). The first-order valence-electron chi connectivity index (χ1n) is 6.35. The van der Waals surface area contributed by atoms with Gasteiger partial charge in [0.1, 0.15) is 5.78 Å². The average Bonchev–Trinajstić information content (AvgIpc) is 2.43. The van der Waals surface area contributed by atoms with Gasteiger partial charge in [0.2, 0.25) is 0 Å². The third-order valence-corrected chi connectivity index (χ3v) is 4.48. The van der Waals surface area contributed by atoms with Crippen LogP contribution in [0.15, 0.2) is 0 Å². The van der Waals surface area contributed by atoms with Gasteiger partial charge in [-0.1, -0.05) is 0 Å². The molecule has 2 unspecified atom stereocenters. The van der Waals surface area contributed by atoms with Crippen LogP contribution in [0.25, 0.3) is 0 Å². The van der Waals surface area contributed by atoms with E-state index in [1.54, 1.807) is 0 Å². The fourth-order valence-electron chi connectivity index (χ4n) is 2.91. The molecule has 0 spiro atoms. The van der Waals surface area contributed by atoms with Gasteiger partial charge >= 0.3 is 0 Å². The van der Waals surface area contributed by atoms with Crippen LogP contribution in [-0.2, 0) is 4.79 Å². The molecule has 2 atom stereocenters. The van der Waals surface area contributed by atoms with E-state index >= 15 is 0 Å². The Hall–Kier alpha value is -0.410. The first kappa shape index (κ1) is 12.1. The predicted molar refractivity (Wildman–Crippen MR) is 65.5 cm³/mol. The first-order chi connectivity index (χ1) is 7.40. The highest BCUT2D eigenvalue weighted by Gasteiger charge is 2.42. The third-order valence-electron chi connectivity index (χ3n) is 4.48. The monoisotopic (exact) mass is 224 g/mol. The Kier molecular flexibility index (Phi) is 3.10. The van der Waals surface area contributed by atoms with Crippen LogP contribution >= 0.6 is 0 Å². The standard InChI is InChI=1S/C13H24N2O/c1-13(2,14(3)4)9-15-10-5-6-11(15)8-12(16)7-10/h10-11H,5-9H2,1-4H3. The Morgan fingerprint density at radius 1 is 1.25 bits per heavy atom. The molecule has 2 aliphatic heterocycles. The summed E-state index contributed by atoms with van der Waals surface area (Å²) >= 11 is 0. The molecule has 0 N–H and O–H groups in total. The van der Waals surface area contributed by atoms with Gasteiger partial charge in [0, 0.05) is 37.0 Å². The maximum absolute atomic E-state index is 11.5. The van der Waals surface area contributed by atoms with Crippen molar-refractivity contribution in [3.63, 3.8) is 0 Å². The maximum Gasteiger partial charge on any atom is 0.136 e. The van der Waals surface area contributed by atoms with Gasteiger partial charge in [0.25, 0.3) is 0 Å². The highest BCUT2D eigenvalue weighted by atomic mass is 16.1. The molecule has 0 aromatic rings. The third kappa shape index (κ3) is 2.16. The number of likely N-dealkylation sites (N-methyl/N-ethyl adjacent to an activating group) is 1. The number of carbonyl (C=O) groups excluding carboxylic acids is 1. The second-order valence-corrected chi connectivity index (χ2v) is 6.21. The zero-order valence-corrected chi connectivity index (χ0v) is 11.0. The van der Waals surface area contributed by atoms with Crippen molar-refractivity contribution in [1.82, 2.24) is 9.80 Å². The van der Waals surface area contributed by atoms with E-state index in [4.69, 9.17) is 0 Å². The molecular weight excluding hydrogens is 200 g/mol. The molecule has 0 aromatic heterocycles. The summed E-state index contributed by atoms with van der Waals surface area (Å²) < 4.78 is 0. The smallest absolute Gasteiger partial charge is 0.136 e. The number of nitrogens with zero attached hydrogens (tertiary/aromatic N) is 2. The van der Waals surface area contributed by atoms with E-state index in [-0.39, 0.29) is 5.54 Å². The van der Waals surface area contributed by atoms with Gasteiger partial charge in [-0.05, 0) is 40.8 Å². The number of hydrogen-bond donors (Lipinski definition) is 0. The van der Waals surface area contributed by atoms with Gasteiger partial charge in [-0.2, -0.15) is 0 Å². The Balaban J connectivity index is 2.04. The van der Waals surface area contributed by atoms with E-state index in [0.29, 0.717) is 17.9 Å². The molecule has 2 fully saturated rings. The zero-order chi connectivity index (χ0) is 11.9. The summed E-state index contributed by atoms with van der Waals surface area (Å²) in [6.07, 6.45) is 4.03. The van der Waals surface area contributed by atoms with Gasteiger partial charge in [-0.15, -0.1) is 0 Å². The lowest BCUT2D eigenvalue weighted by molar-refractivity contribution is -0.124. The van der Waals surface area contributed by atoms with Crippen molar-refractivity contribution in [2.45, 2.75) is 57.2 Å².